The van der Waals surface area contributed by atoms with E-state index in [2.05, 4.69) is 5.32 Å². The van der Waals surface area contributed by atoms with Crippen LogP contribution in [0.1, 0.15) is 32.4 Å². The van der Waals surface area contributed by atoms with Crippen molar-refractivity contribution in [2.45, 2.75) is 26.7 Å². The lowest BCUT2D eigenvalue weighted by molar-refractivity contribution is -0.402. The van der Waals surface area contributed by atoms with Crippen LogP contribution in [-0.2, 0) is 9.53 Å². The summed E-state index contributed by atoms with van der Waals surface area (Å²) in [5, 5.41) is 23.2. The number of nitrogens with zero attached hydrogens (tertiary/aromatic N) is 2. The van der Waals surface area contributed by atoms with Crippen molar-refractivity contribution < 1.29 is 18.9 Å². The summed E-state index contributed by atoms with van der Waals surface area (Å²) in [6.07, 6.45) is 0. The van der Waals surface area contributed by atoms with Crippen molar-refractivity contribution in [3.8, 4) is 6.07 Å². The van der Waals surface area contributed by atoms with E-state index in [1.807, 2.05) is 6.07 Å². The maximum Gasteiger partial charge on any atom is 0.433 e. The number of allylic oxidation sites excluding steroid dienone is 3. The van der Waals surface area contributed by atoms with Crippen LogP contribution in [0.4, 0.5) is 5.88 Å². The van der Waals surface area contributed by atoms with Gasteiger partial charge < -0.3 is 14.5 Å². The highest BCUT2D eigenvalue weighted by Gasteiger charge is 2.37. The molecule has 0 bridgehead atoms. The van der Waals surface area contributed by atoms with Gasteiger partial charge in [0, 0.05) is 11.4 Å². The summed E-state index contributed by atoms with van der Waals surface area (Å²) in [4.78, 5) is 22.4. The van der Waals surface area contributed by atoms with Gasteiger partial charge in [-0.3, -0.25) is 10.1 Å². The van der Waals surface area contributed by atoms with Gasteiger partial charge in [0.2, 0.25) is 0 Å². The fraction of sp³-hybridized carbons (Fsp3) is 0.333. The van der Waals surface area contributed by atoms with E-state index in [4.69, 9.17) is 9.15 Å². The van der Waals surface area contributed by atoms with E-state index in [1.54, 1.807) is 20.8 Å². The predicted molar refractivity (Wildman–Crippen MR) is 78.9 cm³/mol. The molecule has 0 amide bonds. The first-order valence-electron chi connectivity index (χ1n) is 6.90. The van der Waals surface area contributed by atoms with Crippen LogP contribution in [0, 0.1) is 21.4 Å². The highest BCUT2D eigenvalue weighted by Crippen LogP contribution is 2.39. The third-order valence-corrected chi connectivity index (χ3v) is 3.45. The SMILES string of the molecule is CCOC(=O)C1=C(C)NC(C)=C(C#N)C1c1ccc([N+](=O)[O-])o1. The molecule has 0 fully saturated rings. The van der Waals surface area contributed by atoms with Gasteiger partial charge in [0.25, 0.3) is 0 Å². The van der Waals surface area contributed by atoms with Gasteiger partial charge in [0.15, 0.2) is 0 Å². The molecule has 1 unspecified atom stereocenters. The molecule has 0 spiro atoms. The van der Waals surface area contributed by atoms with Crippen LogP contribution in [0.2, 0.25) is 0 Å². The quantitative estimate of drug-likeness (QED) is 0.514. The number of esters is 1. The molecule has 23 heavy (non-hydrogen) atoms. The Morgan fingerprint density at radius 3 is 2.70 bits per heavy atom. The zero-order valence-corrected chi connectivity index (χ0v) is 12.9. The van der Waals surface area contributed by atoms with Crippen molar-refractivity contribution >= 4 is 11.9 Å². The second-order valence-electron chi connectivity index (χ2n) is 4.90. The van der Waals surface area contributed by atoms with E-state index < -0.39 is 22.7 Å². The van der Waals surface area contributed by atoms with E-state index in [0.29, 0.717) is 11.4 Å². The number of carbonyl (C=O) groups is 1. The van der Waals surface area contributed by atoms with Crippen LogP contribution in [0.25, 0.3) is 0 Å². The number of nitrogens with one attached hydrogen (secondary N) is 1. The Morgan fingerprint density at radius 1 is 1.48 bits per heavy atom. The summed E-state index contributed by atoms with van der Waals surface area (Å²) < 4.78 is 10.3. The molecular formula is C15H15N3O5. The highest BCUT2D eigenvalue weighted by molar-refractivity contribution is 5.92. The van der Waals surface area contributed by atoms with Gasteiger partial charge in [-0.25, -0.2) is 4.79 Å². The number of rotatable bonds is 4. The van der Waals surface area contributed by atoms with Crippen molar-refractivity contribution in [1.82, 2.24) is 5.32 Å². The van der Waals surface area contributed by atoms with Crippen LogP contribution in [0.5, 0.6) is 0 Å². The minimum absolute atomic E-state index is 0.150. The Labute approximate surface area is 132 Å². The summed E-state index contributed by atoms with van der Waals surface area (Å²) >= 11 is 0. The maximum absolute atomic E-state index is 12.3. The molecule has 8 nitrogen and oxygen atoms in total. The smallest absolute Gasteiger partial charge is 0.433 e. The Hall–Kier alpha value is -3.08. The number of furan rings is 1. The van der Waals surface area contributed by atoms with Crippen LogP contribution in [0.15, 0.2) is 39.1 Å². The number of ether oxygens (including phenoxy) is 1. The van der Waals surface area contributed by atoms with Crippen LogP contribution < -0.4 is 5.32 Å². The third kappa shape index (κ3) is 2.94. The zero-order chi connectivity index (χ0) is 17.1. The van der Waals surface area contributed by atoms with E-state index in [0.717, 1.165) is 0 Å². The summed E-state index contributed by atoms with van der Waals surface area (Å²) in [7, 11) is 0. The molecule has 1 aromatic heterocycles. The Balaban J connectivity index is 2.59. The number of dihydropyridines is 1. The van der Waals surface area contributed by atoms with E-state index >= 15 is 0 Å². The van der Waals surface area contributed by atoms with Gasteiger partial charge in [-0.05, 0) is 26.8 Å². The van der Waals surface area contributed by atoms with Crippen LogP contribution in [0.3, 0.4) is 0 Å². The van der Waals surface area contributed by atoms with Gasteiger partial charge in [0.05, 0.1) is 35.8 Å². The largest absolute Gasteiger partial charge is 0.463 e. The molecule has 0 saturated carbocycles. The van der Waals surface area contributed by atoms with Gasteiger partial charge in [0.1, 0.15) is 10.7 Å². The lowest BCUT2D eigenvalue weighted by Crippen LogP contribution is -2.28. The average Bonchev–Trinajstić information content (AvgIpc) is 2.96. The molecule has 1 aliphatic rings. The summed E-state index contributed by atoms with van der Waals surface area (Å²) in [5.41, 5.74) is 1.53. The highest BCUT2D eigenvalue weighted by atomic mass is 16.6. The molecule has 1 N–H and O–H groups in total. The number of nitriles is 1. The van der Waals surface area contributed by atoms with Gasteiger partial charge in [-0.2, -0.15) is 5.26 Å². The van der Waals surface area contributed by atoms with E-state index in [1.165, 1.54) is 12.1 Å². The second-order valence-corrected chi connectivity index (χ2v) is 4.90. The molecule has 0 aliphatic carbocycles. The normalized spacial score (nSPS) is 17.6. The first-order chi connectivity index (χ1) is 10.9. The van der Waals surface area contributed by atoms with Gasteiger partial charge in [-0.1, -0.05) is 0 Å². The molecule has 1 atom stereocenters. The van der Waals surface area contributed by atoms with E-state index in [-0.39, 0.29) is 23.5 Å². The van der Waals surface area contributed by atoms with Crippen molar-refractivity contribution in [2.75, 3.05) is 6.61 Å². The molecule has 0 radical (unpaired) electrons. The molecule has 8 heteroatoms. The van der Waals surface area contributed by atoms with Crippen molar-refractivity contribution in [1.29, 1.82) is 5.26 Å². The fourth-order valence-corrected chi connectivity index (χ4v) is 2.50. The van der Waals surface area contributed by atoms with Gasteiger partial charge in [-0.15, -0.1) is 0 Å². The first-order valence-corrected chi connectivity index (χ1v) is 6.90. The molecular weight excluding hydrogens is 302 g/mol. The molecule has 1 aromatic rings. The first kappa shape index (κ1) is 16.3. The lowest BCUT2D eigenvalue weighted by atomic mass is 9.84. The molecule has 2 heterocycles. The minimum Gasteiger partial charge on any atom is -0.463 e. The number of hydrogen-bond acceptors (Lipinski definition) is 7. The Kier molecular flexibility index (Phi) is 4.50. The van der Waals surface area contributed by atoms with Crippen molar-refractivity contribution in [3.63, 3.8) is 0 Å². The molecule has 0 aromatic carbocycles. The predicted octanol–water partition coefficient (Wildman–Crippen LogP) is 2.51. The Morgan fingerprint density at radius 2 is 2.17 bits per heavy atom. The third-order valence-electron chi connectivity index (χ3n) is 3.45. The average molecular weight is 317 g/mol. The maximum atomic E-state index is 12.3. The summed E-state index contributed by atoms with van der Waals surface area (Å²) in [6.45, 7) is 5.21. The summed E-state index contributed by atoms with van der Waals surface area (Å²) in [5.74, 6) is -1.73. The van der Waals surface area contributed by atoms with Crippen LogP contribution >= 0.6 is 0 Å². The Bertz CT molecular complexity index is 766. The standard InChI is InChI=1S/C15H15N3O5/c1-4-22-15(19)13-9(3)17-8(2)10(7-16)14(13)11-5-6-12(23-11)18(20)21/h5-6,14,17H,4H2,1-3H3. The molecule has 0 saturated heterocycles. The van der Waals surface area contributed by atoms with Gasteiger partial charge >= 0.3 is 11.9 Å². The molecule has 120 valence electrons. The van der Waals surface area contributed by atoms with E-state index in [9.17, 15) is 20.2 Å². The fourth-order valence-electron chi connectivity index (χ4n) is 2.50. The minimum atomic E-state index is -0.839. The number of hydrogen-bond donors (Lipinski definition) is 1. The van der Waals surface area contributed by atoms with Crippen molar-refractivity contribution in [3.05, 3.63) is 50.5 Å². The topological polar surface area (TPSA) is 118 Å². The number of carbonyl (C=O) groups excluding carboxylic acids is 1. The molecule has 2 rings (SSSR count). The second kappa shape index (κ2) is 6.36. The lowest BCUT2D eigenvalue weighted by Gasteiger charge is -2.26. The zero-order valence-electron chi connectivity index (χ0n) is 12.9. The van der Waals surface area contributed by atoms with Crippen LogP contribution in [-0.4, -0.2) is 17.5 Å². The monoisotopic (exact) mass is 317 g/mol. The number of nitro groups is 1. The van der Waals surface area contributed by atoms with Crippen molar-refractivity contribution in [2.24, 2.45) is 0 Å². The summed E-state index contributed by atoms with van der Waals surface area (Å²) in [6, 6.07) is 4.62. The molecule has 1 aliphatic heterocycles.